The average Bonchev–Trinajstić information content (AvgIpc) is 2.90. The molecule has 37 heavy (non-hydrogen) atoms. The van der Waals surface area contributed by atoms with E-state index in [1.807, 2.05) is 13.0 Å². The van der Waals surface area contributed by atoms with Crippen molar-refractivity contribution in [3.05, 3.63) is 72.0 Å². The van der Waals surface area contributed by atoms with Gasteiger partial charge in [0.15, 0.2) is 9.84 Å². The Balaban J connectivity index is 1.74. The highest BCUT2D eigenvalue weighted by molar-refractivity contribution is 7.90. The van der Waals surface area contributed by atoms with Crippen molar-refractivity contribution in [2.45, 2.75) is 17.6 Å². The topological polar surface area (TPSA) is 97.0 Å². The van der Waals surface area contributed by atoms with Crippen LogP contribution in [0, 0.1) is 5.82 Å². The van der Waals surface area contributed by atoms with Gasteiger partial charge in [-0.1, -0.05) is 18.2 Å². The number of sulfone groups is 1. The number of methoxy groups -OCH3 is 1. The standard InChI is InChI=1S/C27H30FN3O5S/c1-3-29-27(32)30-25-9-6-20(16-26(25)35-2)21-14-23(31-10-12-36-13-11-31)17-24(15-21)37(33,34)18-19-4-7-22(28)8-5-19/h4-9,14-17H,3,10-13,18H2,1-2H3,(H2,29,30,32). The number of carbonyl (C=O) groups excluding carboxylic acids is 1. The Morgan fingerprint density at radius 2 is 1.76 bits per heavy atom. The zero-order valence-electron chi connectivity index (χ0n) is 20.8. The van der Waals surface area contributed by atoms with Crippen LogP contribution in [0.2, 0.25) is 0 Å². The van der Waals surface area contributed by atoms with Crippen LogP contribution in [0.15, 0.2) is 65.6 Å². The molecule has 1 aliphatic heterocycles. The Bertz CT molecular complexity index is 1360. The minimum Gasteiger partial charge on any atom is -0.495 e. The van der Waals surface area contributed by atoms with Crippen molar-refractivity contribution in [3.63, 3.8) is 0 Å². The summed E-state index contributed by atoms with van der Waals surface area (Å²) < 4.78 is 51.2. The van der Waals surface area contributed by atoms with Crippen LogP contribution in [-0.4, -0.2) is 54.4 Å². The smallest absolute Gasteiger partial charge is 0.319 e. The van der Waals surface area contributed by atoms with E-state index in [2.05, 4.69) is 15.5 Å². The molecule has 0 atom stereocenters. The first-order valence-corrected chi connectivity index (χ1v) is 13.6. The molecule has 0 unspecified atom stereocenters. The first-order chi connectivity index (χ1) is 17.8. The monoisotopic (exact) mass is 527 g/mol. The summed E-state index contributed by atoms with van der Waals surface area (Å²) in [6, 6.07) is 15.6. The molecule has 2 amide bonds. The number of hydrogen-bond donors (Lipinski definition) is 2. The predicted octanol–water partition coefficient (Wildman–Crippen LogP) is 4.45. The number of morpholine rings is 1. The fraction of sp³-hybridized carbons (Fsp3) is 0.296. The maximum Gasteiger partial charge on any atom is 0.319 e. The van der Waals surface area contributed by atoms with Crippen molar-refractivity contribution in [1.82, 2.24) is 5.32 Å². The van der Waals surface area contributed by atoms with Gasteiger partial charge in [-0.05, 0) is 66.1 Å². The van der Waals surface area contributed by atoms with E-state index < -0.39 is 15.7 Å². The molecular weight excluding hydrogens is 497 g/mol. The zero-order chi connectivity index (χ0) is 26.4. The van der Waals surface area contributed by atoms with Gasteiger partial charge in [0, 0.05) is 25.3 Å². The number of amides is 2. The van der Waals surface area contributed by atoms with Crippen molar-refractivity contribution in [1.29, 1.82) is 0 Å². The van der Waals surface area contributed by atoms with Gasteiger partial charge in [-0.3, -0.25) is 0 Å². The molecule has 1 heterocycles. The van der Waals surface area contributed by atoms with Crippen LogP contribution in [-0.2, 0) is 20.3 Å². The van der Waals surface area contributed by atoms with Gasteiger partial charge in [0.1, 0.15) is 11.6 Å². The van der Waals surface area contributed by atoms with Crippen LogP contribution in [0.1, 0.15) is 12.5 Å². The Hall–Kier alpha value is -3.63. The fourth-order valence-electron chi connectivity index (χ4n) is 4.12. The molecule has 3 aromatic carbocycles. The second-order valence-electron chi connectivity index (χ2n) is 8.60. The highest BCUT2D eigenvalue weighted by Gasteiger charge is 2.21. The minimum atomic E-state index is -3.74. The molecule has 8 nitrogen and oxygen atoms in total. The van der Waals surface area contributed by atoms with Crippen LogP contribution in [0.4, 0.5) is 20.6 Å². The maximum absolute atomic E-state index is 13.4. The van der Waals surface area contributed by atoms with Crippen LogP contribution in [0.3, 0.4) is 0 Å². The molecule has 0 radical (unpaired) electrons. The molecule has 4 rings (SSSR count). The molecule has 0 aliphatic carbocycles. The van der Waals surface area contributed by atoms with E-state index in [-0.39, 0.29) is 16.7 Å². The molecular formula is C27H30FN3O5S. The van der Waals surface area contributed by atoms with E-state index >= 15 is 0 Å². The average molecular weight is 528 g/mol. The molecule has 10 heteroatoms. The van der Waals surface area contributed by atoms with Gasteiger partial charge in [0.05, 0.1) is 36.7 Å². The Morgan fingerprint density at radius 3 is 2.43 bits per heavy atom. The summed E-state index contributed by atoms with van der Waals surface area (Å²) in [5.74, 6) is -0.231. The maximum atomic E-state index is 13.4. The van der Waals surface area contributed by atoms with E-state index in [1.54, 1.807) is 30.3 Å². The van der Waals surface area contributed by atoms with Crippen molar-refractivity contribution in [3.8, 4) is 16.9 Å². The molecule has 0 saturated carbocycles. The summed E-state index contributed by atoms with van der Waals surface area (Å²) in [7, 11) is -2.24. The third-order valence-electron chi connectivity index (χ3n) is 6.02. The first kappa shape index (κ1) is 26.4. The van der Waals surface area contributed by atoms with E-state index in [0.717, 1.165) is 11.3 Å². The van der Waals surface area contributed by atoms with Crippen LogP contribution in [0.5, 0.6) is 5.75 Å². The van der Waals surface area contributed by atoms with Gasteiger partial charge in [0.2, 0.25) is 0 Å². The van der Waals surface area contributed by atoms with Crippen LogP contribution >= 0.6 is 0 Å². The van der Waals surface area contributed by atoms with Crippen LogP contribution in [0.25, 0.3) is 11.1 Å². The number of ether oxygens (including phenoxy) is 2. The van der Waals surface area contributed by atoms with E-state index in [9.17, 15) is 17.6 Å². The van der Waals surface area contributed by atoms with E-state index in [0.29, 0.717) is 55.4 Å². The zero-order valence-corrected chi connectivity index (χ0v) is 21.6. The number of carbonyl (C=O) groups is 1. The van der Waals surface area contributed by atoms with Gasteiger partial charge in [0.25, 0.3) is 0 Å². The molecule has 2 N–H and O–H groups in total. The number of anilines is 2. The summed E-state index contributed by atoms with van der Waals surface area (Å²) in [6.07, 6.45) is 0. The fourth-order valence-corrected chi connectivity index (χ4v) is 5.52. The number of nitrogens with one attached hydrogen (secondary N) is 2. The van der Waals surface area contributed by atoms with Crippen molar-refractivity contribution in [2.75, 3.05) is 50.2 Å². The quantitative estimate of drug-likeness (QED) is 0.449. The second kappa shape index (κ2) is 11.6. The summed E-state index contributed by atoms with van der Waals surface area (Å²) in [4.78, 5) is 14.3. The number of urea groups is 1. The highest BCUT2D eigenvalue weighted by atomic mass is 32.2. The third kappa shape index (κ3) is 6.58. The molecule has 1 fully saturated rings. The number of rotatable bonds is 8. The second-order valence-corrected chi connectivity index (χ2v) is 10.6. The van der Waals surface area contributed by atoms with Gasteiger partial charge in [-0.2, -0.15) is 0 Å². The van der Waals surface area contributed by atoms with E-state index in [1.165, 1.54) is 31.4 Å². The third-order valence-corrected chi connectivity index (χ3v) is 7.68. The summed E-state index contributed by atoms with van der Waals surface area (Å²) in [5.41, 5.74) is 3.17. The number of benzene rings is 3. The molecule has 196 valence electrons. The summed E-state index contributed by atoms with van der Waals surface area (Å²) in [6.45, 7) is 4.68. The SMILES string of the molecule is CCNC(=O)Nc1ccc(-c2cc(N3CCOCC3)cc(S(=O)(=O)Cc3ccc(F)cc3)c2)cc1OC. The predicted molar refractivity (Wildman–Crippen MR) is 141 cm³/mol. The lowest BCUT2D eigenvalue weighted by Gasteiger charge is -2.29. The lowest BCUT2D eigenvalue weighted by atomic mass is 10.0. The van der Waals surface area contributed by atoms with Gasteiger partial charge >= 0.3 is 6.03 Å². The number of halogens is 1. The Morgan fingerprint density at radius 1 is 1.03 bits per heavy atom. The largest absolute Gasteiger partial charge is 0.495 e. The summed E-state index contributed by atoms with van der Waals surface area (Å²) in [5, 5.41) is 5.42. The molecule has 1 aliphatic rings. The van der Waals surface area contributed by atoms with E-state index in [4.69, 9.17) is 9.47 Å². The molecule has 0 spiro atoms. The van der Waals surface area contributed by atoms with Crippen molar-refractivity contribution < 1.29 is 27.1 Å². The highest BCUT2D eigenvalue weighted by Crippen LogP contribution is 2.35. The lowest BCUT2D eigenvalue weighted by Crippen LogP contribution is -2.36. The molecule has 3 aromatic rings. The van der Waals surface area contributed by atoms with Gasteiger partial charge in [-0.15, -0.1) is 0 Å². The first-order valence-electron chi connectivity index (χ1n) is 12.0. The number of hydrogen-bond acceptors (Lipinski definition) is 6. The molecule has 0 aromatic heterocycles. The minimum absolute atomic E-state index is 0.166. The van der Waals surface area contributed by atoms with Crippen LogP contribution < -0.4 is 20.3 Å². The summed E-state index contributed by atoms with van der Waals surface area (Å²) >= 11 is 0. The molecule has 0 bridgehead atoms. The molecule has 1 saturated heterocycles. The van der Waals surface area contributed by atoms with Crippen molar-refractivity contribution in [2.24, 2.45) is 0 Å². The van der Waals surface area contributed by atoms with Crippen molar-refractivity contribution >= 4 is 27.2 Å². The van der Waals surface area contributed by atoms with Gasteiger partial charge in [-0.25, -0.2) is 17.6 Å². The number of nitrogens with zero attached hydrogens (tertiary/aromatic N) is 1. The lowest BCUT2D eigenvalue weighted by molar-refractivity contribution is 0.122. The van der Waals surface area contributed by atoms with Gasteiger partial charge < -0.3 is 25.0 Å². The Kier molecular flexibility index (Phi) is 8.30. The Labute approximate surface area is 216 Å². The normalized spacial score (nSPS) is 13.8.